The lowest BCUT2D eigenvalue weighted by molar-refractivity contribution is 0.0951. The molecule has 6 nitrogen and oxygen atoms in total. The summed E-state index contributed by atoms with van der Waals surface area (Å²) < 4.78 is 10.1. The van der Waals surface area contributed by atoms with Gasteiger partial charge in [0.1, 0.15) is 11.5 Å². The zero-order valence-corrected chi connectivity index (χ0v) is 11.7. The van der Waals surface area contributed by atoms with Gasteiger partial charge in [-0.1, -0.05) is 5.16 Å². The monoisotopic (exact) mass is 275 g/mol. The molecule has 106 valence electrons. The van der Waals surface area contributed by atoms with Crippen molar-refractivity contribution in [1.82, 2.24) is 10.5 Å². The maximum atomic E-state index is 12.2. The Morgan fingerprint density at radius 1 is 1.45 bits per heavy atom. The number of aromatic nitrogens is 1. The van der Waals surface area contributed by atoms with Crippen LogP contribution in [-0.4, -0.2) is 18.2 Å². The van der Waals surface area contributed by atoms with Gasteiger partial charge in [-0.3, -0.25) is 4.79 Å². The highest BCUT2D eigenvalue weighted by Crippen LogP contribution is 2.19. The van der Waals surface area contributed by atoms with Crippen LogP contribution in [-0.2, 0) is 6.54 Å². The van der Waals surface area contributed by atoms with Gasteiger partial charge in [-0.05, 0) is 32.0 Å². The zero-order chi connectivity index (χ0) is 14.7. The Hall–Kier alpha value is -2.50. The number of anilines is 1. The van der Waals surface area contributed by atoms with Crippen molar-refractivity contribution in [3.63, 3.8) is 0 Å². The van der Waals surface area contributed by atoms with Crippen molar-refractivity contribution in [2.75, 3.05) is 12.8 Å². The van der Waals surface area contributed by atoms with E-state index in [2.05, 4.69) is 10.5 Å². The number of nitrogens with two attached hydrogens (primary N) is 1. The summed E-state index contributed by atoms with van der Waals surface area (Å²) in [5.41, 5.74) is 8.24. The molecule has 0 fully saturated rings. The molecule has 0 bridgehead atoms. The summed E-state index contributed by atoms with van der Waals surface area (Å²) in [6.07, 6.45) is 0. The lowest BCUT2D eigenvalue weighted by atomic mass is 10.1. The Bertz CT molecular complexity index is 615. The summed E-state index contributed by atoms with van der Waals surface area (Å²) in [7, 11) is 1.54. The summed E-state index contributed by atoms with van der Waals surface area (Å²) in [6, 6.07) is 4.96. The fourth-order valence-electron chi connectivity index (χ4n) is 1.88. The van der Waals surface area contributed by atoms with Crippen LogP contribution < -0.4 is 15.8 Å². The van der Waals surface area contributed by atoms with Crippen molar-refractivity contribution in [1.29, 1.82) is 0 Å². The standard InChI is InChI=1S/C14H17N3O3/c1-8-12(9(2)20-17-8)7-16-14(18)11-6-10(19-3)4-5-13(11)15/h4-6H,7,15H2,1-3H3,(H,16,18). The lowest BCUT2D eigenvalue weighted by Gasteiger charge is -2.09. The first-order chi connectivity index (χ1) is 9.52. The number of hydrogen-bond donors (Lipinski definition) is 2. The quantitative estimate of drug-likeness (QED) is 0.830. The van der Waals surface area contributed by atoms with Gasteiger partial charge in [0.2, 0.25) is 0 Å². The van der Waals surface area contributed by atoms with E-state index < -0.39 is 0 Å². The van der Waals surface area contributed by atoms with Crippen LogP contribution in [0.1, 0.15) is 27.4 Å². The molecule has 0 saturated heterocycles. The Morgan fingerprint density at radius 2 is 2.20 bits per heavy atom. The smallest absolute Gasteiger partial charge is 0.253 e. The van der Waals surface area contributed by atoms with E-state index in [1.165, 1.54) is 7.11 Å². The van der Waals surface area contributed by atoms with Gasteiger partial charge in [0.05, 0.1) is 18.4 Å². The molecule has 0 radical (unpaired) electrons. The van der Waals surface area contributed by atoms with E-state index in [0.29, 0.717) is 29.3 Å². The highest BCUT2D eigenvalue weighted by Gasteiger charge is 2.14. The van der Waals surface area contributed by atoms with Crippen molar-refractivity contribution in [3.05, 3.63) is 40.8 Å². The summed E-state index contributed by atoms with van der Waals surface area (Å²) >= 11 is 0. The minimum atomic E-state index is -0.263. The molecular weight excluding hydrogens is 258 g/mol. The van der Waals surface area contributed by atoms with Crippen LogP contribution in [0, 0.1) is 13.8 Å². The normalized spacial score (nSPS) is 10.3. The molecule has 1 amide bonds. The Balaban J connectivity index is 2.13. The van der Waals surface area contributed by atoms with Crippen LogP contribution in [0.15, 0.2) is 22.7 Å². The van der Waals surface area contributed by atoms with Crippen LogP contribution >= 0.6 is 0 Å². The molecule has 1 aromatic heterocycles. The average Bonchev–Trinajstić information content (AvgIpc) is 2.76. The molecule has 0 aliphatic rings. The Labute approximate surface area is 116 Å². The second kappa shape index (κ2) is 5.64. The number of amides is 1. The number of benzene rings is 1. The first kappa shape index (κ1) is 13.9. The third-order valence-corrected chi connectivity index (χ3v) is 3.11. The van der Waals surface area contributed by atoms with Crippen molar-refractivity contribution in [2.24, 2.45) is 0 Å². The predicted molar refractivity (Wildman–Crippen MR) is 74.6 cm³/mol. The zero-order valence-electron chi connectivity index (χ0n) is 11.7. The van der Waals surface area contributed by atoms with E-state index in [-0.39, 0.29) is 5.91 Å². The highest BCUT2D eigenvalue weighted by atomic mass is 16.5. The molecule has 0 saturated carbocycles. The molecule has 2 aromatic rings. The van der Waals surface area contributed by atoms with Gasteiger partial charge in [0.15, 0.2) is 0 Å². The molecule has 0 aliphatic heterocycles. The van der Waals surface area contributed by atoms with Gasteiger partial charge in [0.25, 0.3) is 5.91 Å². The second-order valence-corrected chi connectivity index (χ2v) is 4.44. The third kappa shape index (κ3) is 2.74. The average molecular weight is 275 g/mol. The number of nitrogens with zero attached hydrogens (tertiary/aromatic N) is 1. The molecule has 0 unspecified atom stereocenters. The molecule has 1 heterocycles. The Morgan fingerprint density at radius 3 is 2.80 bits per heavy atom. The van der Waals surface area contributed by atoms with Gasteiger partial charge in [-0.15, -0.1) is 0 Å². The van der Waals surface area contributed by atoms with E-state index in [9.17, 15) is 4.79 Å². The summed E-state index contributed by atoms with van der Waals surface area (Å²) in [5, 5.41) is 6.64. The maximum absolute atomic E-state index is 12.2. The topological polar surface area (TPSA) is 90.4 Å². The molecule has 1 aromatic carbocycles. The fourth-order valence-corrected chi connectivity index (χ4v) is 1.88. The van der Waals surface area contributed by atoms with Gasteiger partial charge in [-0.2, -0.15) is 0 Å². The molecule has 3 N–H and O–H groups in total. The number of nitrogen functional groups attached to an aromatic ring is 1. The molecule has 20 heavy (non-hydrogen) atoms. The van der Waals surface area contributed by atoms with Crippen LogP contribution in [0.4, 0.5) is 5.69 Å². The SMILES string of the molecule is COc1ccc(N)c(C(=O)NCc2c(C)noc2C)c1. The molecule has 2 rings (SSSR count). The number of carbonyl (C=O) groups excluding carboxylic acids is 1. The number of rotatable bonds is 4. The minimum Gasteiger partial charge on any atom is -0.497 e. The summed E-state index contributed by atoms with van der Waals surface area (Å²) in [6.45, 7) is 3.98. The van der Waals surface area contributed by atoms with Gasteiger partial charge < -0.3 is 20.3 Å². The first-order valence-electron chi connectivity index (χ1n) is 6.16. The van der Waals surface area contributed by atoms with Gasteiger partial charge in [0, 0.05) is 17.8 Å². The first-order valence-corrected chi connectivity index (χ1v) is 6.16. The van der Waals surface area contributed by atoms with Crippen LogP contribution in [0.3, 0.4) is 0 Å². The van der Waals surface area contributed by atoms with Gasteiger partial charge >= 0.3 is 0 Å². The number of carbonyl (C=O) groups is 1. The molecule has 0 atom stereocenters. The van der Waals surface area contributed by atoms with E-state index in [0.717, 1.165) is 11.3 Å². The molecule has 6 heteroatoms. The number of hydrogen-bond acceptors (Lipinski definition) is 5. The fraction of sp³-hybridized carbons (Fsp3) is 0.286. The predicted octanol–water partition coefficient (Wildman–Crippen LogP) is 1.81. The lowest BCUT2D eigenvalue weighted by Crippen LogP contribution is -2.24. The third-order valence-electron chi connectivity index (χ3n) is 3.11. The second-order valence-electron chi connectivity index (χ2n) is 4.44. The van der Waals surface area contributed by atoms with E-state index >= 15 is 0 Å². The Kier molecular flexibility index (Phi) is 3.93. The molecule has 0 aliphatic carbocycles. The van der Waals surface area contributed by atoms with Crippen LogP contribution in [0.25, 0.3) is 0 Å². The maximum Gasteiger partial charge on any atom is 0.253 e. The van der Waals surface area contributed by atoms with Crippen molar-refractivity contribution in [2.45, 2.75) is 20.4 Å². The number of aryl methyl sites for hydroxylation is 2. The van der Waals surface area contributed by atoms with Crippen LogP contribution in [0.5, 0.6) is 5.75 Å². The van der Waals surface area contributed by atoms with Crippen molar-refractivity contribution in [3.8, 4) is 5.75 Å². The largest absolute Gasteiger partial charge is 0.497 e. The number of methoxy groups -OCH3 is 1. The summed E-state index contributed by atoms with van der Waals surface area (Å²) in [4.78, 5) is 12.2. The highest BCUT2D eigenvalue weighted by molar-refractivity contribution is 5.99. The molecule has 0 spiro atoms. The van der Waals surface area contributed by atoms with Crippen molar-refractivity contribution >= 4 is 11.6 Å². The number of nitrogens with one attached hydrogen (secondary N) is 1. The van der Waals surface area contributed by atoms with E-state index in [4.69, 9.17) is 15.0 Å². The van der Waals surface area contributed by atoms with Crippen molar-refractivity contribution < 1.29 is 14.1 Å². The minimum absolute atomic E-state index is 0.263. The van der Waals surface area contributed by atoms with E-state index in [1.54, 1.807) is 25.1 Å². The number of ether oxygens (including phenoxy) is 1. The van der Waals surface area contributed by atoms with Gasteiger partial charge in [-0.25, -0.2) is 0 Å². The van der Waals surface area contributed by atoms with E-state index in [1.807, 2.05) is 6.92 Å². The molecular formula is C14H17N3O3. The summed E-state index contributed by atoms with van der Waals surface area (Å²) in [5.74, 6) is 1.02. The van der Waals surface area contributed by atoms with Crippen LogP contribution in [0.2, 0.25) is 0 Å².